The first kappa shape index (κ1) is 11.6. The molecular weight excluding hydrogens is 214 g/mol. The van der Waals surface area contributed by atoms with E-state index in [-0.39, 0.29) is 0 Å². The Hall–Kier alpha value is -1.91. The van der Waals surface area contributed by atoms with Crippen LogP contribution in [0.2, 0.25) is 0 Å². The highest BCUT2D eigenvalue weighted by Crippen LogP contribution is 2.13. The third kappa shape index (κ3) is 3.27. The van der Waals surface area contributed by atoms with Crippen molar-refractivity contribution in [3.63, 3.8) is 0 Å². The second-order valence-electron chi connectivity index (χ2n) is 3.94. The predicted octanol–water partition coefficient (Wildman–Crippen LogP) is 2.26. The SMILES string of the molecule is CCCCCNc1cccc(-n2cnnn2)c1. The van der Waals surface area contributed by atoms with E-state index in [9.17, 15) is 0 Å². The number of benzene rings is 1. The van der Waals surface area contributed by atoms with E-state index in [2.05, 4.69) is 33.8 Å². The van der Waals surface area contributed by atoms with E-state index in [4.69, 9.17) is 0 Å². The maximum absolute atomic E-state index is 3.87. The molecule has 0 aliphatic rings. The predicted molar refractivity (Wildman–Crippen MR) is 67.2 cm³/mol. The number of nitrogens with zero attached hydrogens (tertiary/aromatic N) is 4. The molecule has 1 heterocycles. The van der Waals surface area contributed by atoms with E-state index in [1.54, 1.807) is 11.0 Å². The van der Waals surface area contributed by atoms with Crippen LogP contribution in [0.15, 0.2) is 30.6 Å². The quantitative estimate of drug-likeness (QED) is 0.775. The summed E-state index contributed by atoms with van der Waals surface area (Å²) in [6, 6.07) is 8.08. The number of hydrogen-bond donors (Lipinski definition) is 1. The fraction of sp³-hybridized carbons (Fsp3) is 0.417. The van der Waals surface area contributed by atoms with Crippen LogP contribution in [0.1, 0.15) is 26.2 Å². The second-order valence-corrected chi connectivity index (χ2v) is 3.94. The summed E-state index contributed by atoms with van der Waals surface area (Å²) in [7, 11) is 0. The van der Waals surface area contributed by atoms with Gasteiger partial charge in [-0.25, -0.2) is 4.68 Å². The number of hydrogen-bond acceptors (Lipinski definition) is 4. The lowest BCUT2D eigenvalue weighted by Gasteiger charge is -2.07. The summed E-state index contributed by atoms with van der Waals surface area (Å²) in [5.74, 6) is 0. The Bertz CT molecular complexity index is 438. The molecule has 0 saturated carbocycles. The molecule has 0 aliphatic carbocycles. The molecule has 2 aromatic rings. The Labute approximate surface area is 101 Å². The highest BCUT2D eigenvalue weighted by Gasteiger charge is 1.98. The highest BCUT2D eigenvalue weighted by molar-refractivity contribution is 5.50. The molecule has 5 nitrogen and oxygen atoms in total. The lowest BCUT2D eigenvalue weighted by atomic mass is 10.2. The van der Waals surface area contributed by atoms with E-state index in [1.165, 1.54) is 19.3 Å². The van der Waals surface area contributed by atoms with E-state index in [0.29, 0.717) is 0 Å². The van der Waals surface area contributed by atoms with Gasteiger partial charge < -0.3 is 5.32 Å². The molecule has 1 aromatic heterocycles. The minimum Gasteiger partial charge on any atom is -0.385 e. The van der Waals surface area contributed by atoms with Gasteiger partial charge in [-0.1, -0.05) is 25.8 Å². The van der Waals surface area contributed by atoms with E-state index in [1.807, 2.05) is 18.2 Å². The average molecular weight is 231 g/mol. The number of anilines is 1. The van der Waals surface area contributed by atoms with Gasteiger partial charge in [0.05, 0.1) is 5.69 Å². The topological polar surface area (TPSA) is 55.6 Å². The molecule has 1 aromatic carbocycles. The summed E-state index contributed by atoms with van der Waals surface area (Å²) in [4.78, 5) is 0. The van der Waals surface area contributed by atoms with Crippen LogP contribution in [0.4, 0.5) is 5.69 Å². The molecule has 0 atom stereocenters. The summed E-state index contributed by atoms with van der Waals surface area (Å²) in [5, 5.41) is 14.5. The Balaban J connectivity index is 1.97. The molecule has 0 saturated heterocycles. The van der Waals surface area contributed by atoms with Gasteiger partial charge in [-0.3, -0.25) is 0 Å². The Morgan fingerprint density at radius 2 is 2.24 bits per heavy atom. The van der Waals surface area contributed by atoms with Crippen molar-refractivity contribution in [2.24, 2.45) is 0 Å². The van der Waals surface area contributed by atoms with Crippen LogP contribution in [0.5, 0.6) is 0 Å². The van der Waals surface area contributed by atoms with Gasteiger partial charge in [0.15, 0.2) is 0 Å². The van der Waals surface area contributed by atoms with Gasteiger partial charge in [-0.05, 0) is 35.0 Å². The largest absolute Gasteiger partial charge is 0.385 e. The van der Waals surface area contributed by atoms with Gasteiger partial charge in [-0.2, -0.15) is 0 Å². The van der Waals surface area contributed by atoms with Crippen molar-refractivity contribution >= 4 is 5.69 Å². The molecule has 1 N–H and O–H groups in total. The number of rotatable bonds is 6. The van der Waals surface area contributed by atoms with Crippen LogP contribution in [-0.4, -0.2) is 26.8 Å². The standard InChI is InChI=1S/C12H17N5/c1-2-3-4-8-13-11-6-5-7-12(9-11)17-10-14-15-16-17/h5-7,9-10,13H,2-4,8H2,1H3. The molecule has 5 heteroatoms. The molecule has 0 bridgehead atoms. The number of tetrazole rings is 1. The van der Waals surface area contributed by atoms with Gasteiger partial charge in [0.2, 0.25) is 0 Å². The summed E-state index contributed by atoms with van der Waals surface area (Å²) >= 11 is 0. The second kappa shape index (κ2) is 5.98. The van der Waals surface area contributed by atoms with Crippen LogP contribution in [-0.2, 0) is 0 Å². The van der Waals surface area contributed by atoms with Crippen molar-refractivity contribution in [1.82, 2.24) is 20.2 Å². The molecule has 0 radical (unpaired) electrons. The van der Waals surface area contributed by atoms with Crippen molar-refractivity contribution in [1.29, 1.82) is 0 Å². The van der Waals surface area contributed by atoms with Crippen molar-refractivity contribution in [2.45, 2.75) is 26.2 Å². The number of unbranched alkanes of at least 4 members (excludes halogenated alkanes) is 2. The molecule has 0 unspecified atom stereocenters. The van der Waals surface area contributed by atoms with Crippen molar-refractivity contribution in [2.75, 3.05) is 11.9 Å². The number of aromatic nitrogens is 4. The van der Waals surface area contributed by atoms with Gasteiger partial charge in [-0.15, -0.1) is 5.10 Å². The average Bonchev–Trinajstić information content (AvgIpc) is 2.89. The highest BCUT2D eigenvalue weighted by atomic mass is 15.5. The van der Waals surface area contributed by atoms with Crippen LogP contribution in [0.3, 0.4) is 0 Å². The van der Waals surface area contributed by atoms with E-state index >= 15 is 0 Å². The van der Waals surface area contributed by atoms with Crippen LogP contribution in [0, 0.1) is 0 Å². The lowest BCUT2D eigenvalue weighted by molar-refractivity contribution is 0.743. The summed E-state index contributed by atoms with van der Waals surface area (Å²) in [6.45, 7) is 3.21. The third-order valence-electron chi connectivity index (χ3n) is 2.57. The number of nitrogens with one attached hydrogen (secondary N) is 1. The van der Waals surface area contributed by atoms with E-state index < -0.39 is 0 Å². The monoisotopic (exact) mass is 231 g/mol. The Morgan fingerprint density at radius 3 is 3.00 bits per heavy atom. The smallest absolute Gasteiger partial charge is 0.143 e. The minimum atomic E-state index is 0.968. The van der Waals surface area contributed by atoms with Crippen LogP contribution < -0.4 is 5.32 Å². The first-order valence-corrected chi connectivity index (χ1v) is 5.97. The molecule has 0 spiro atoms. The van der Waals surface area contributed by atoms with E-state index in [0.717, 1.165) is 17.9 Å². The van der Waals surface area contributed by atoms with Crippen molar-refractivity contribution in [3.8, 4) is 5.69 Å². The summed E-state index contributed by atoms with van der Waals surface area (Å²) in [5.41, 5.74) is 2.07. The van der Waals surface area contributed by atoms with Crippen LogP contribution in [0.25, 0.3) is 5.69 Å². The van der Waals surface area contributed by atoms with Gasteiger partial charge in [0, 0.05) is 12.2 Å². The molecule has 0 fully saturated rings. The van der Waals surface area contributed by atoms with Crippen molar-refractivity contribution in [3.05, 3.63) is 30.6 Å². The Morgan fingerprint density at radius 1 is 1.29 bits per heavy atom. The molecule has 90 valence electrons. The molecule has 17 heavy (non-hydrogen) atoms. The first-order valence-electron chi connectivity index (χ1n) is 5.97. The van der Waals surface area contributed by atoms with Gasteiger partial charge in [0.1, 0.15) is 6.33 Å². The zero-order valence-electron chi connectivity index (χ0n) is 10.0. The Kier molecular flexibility index (Phi) is 4.07. The summed E-state index contributed by atoms with van der Waals surface area (Å²) in [6.07, 6.45) is 5.30. The maximum atomic E-state index is 3.87. The summed E-state index contributed by atoms with van der Waals surface area (Å²) < 4.78 is 1.65. The zero-order valence-corrected chi connectivity index (χ0v) is 10.0. The minimum absolute atomic E-state index is 0.968. The fourth-order valence-corrected chi connectivity index (χ4v) is 1.65. The first-order chi connectivity index (χ1) is 8.40. The zero-order chi connectivity index (χ0) is 11.9. The van der Waals surface area contributed by atoms with Gasteiger partial charge >= 0.3 is 0 Å². The maximum Gasteiger partial charge on any atom is 0.143 e. The molecule has 2 rings (SSSR count). The normalized spacial score (nSPS) is 10.4. The van der Waals surface area contributed by atoms with Crippen molar-refractivity contribution < 1.29 is 0 Å². The van der Waals surface area contributed by atoms with Gasteiger partial charge in [0.25, 0.3) is 0 Å². The van der Waals surface area contributed by atoms with Crippen LogP contribution >= 0.6 is 0 Å². The molecule has 0 amide bonds. The third-order valence-corrected chi connectivity index (χ3v) is 2.57. The molecular formula is C12H17N5. The fourth-order valence-electron chi connectivity index (χ4n) is 1.65. The molecule has 0 aliphatic heterocycles. The lowest BCUT2D eigenvalue weighted by Crippen LogP contribution is -2.02.